The zero-order chi connectivity index (χ0) is 25.5. The van der Waals surface area contributed by atoms with Crippen molar-refractivity contribution in [2.75, 3.05) is 0 Å². The lowest BCUT2D eigenvalue weighted by atomic mass is 9.60. The first-order valence-corrected chi connectivity index (χ1v) is 14.8. The predicted molar refractivity (Wildman–Crippen MR) is 153 cm³/mol. The van der Waals surface area contributed by atoms with Crippen LogP contribution in [-0.2, 0) is 31.3 Å². The normalized spacial score (nSPS) is 21.4. The SMILES string of the molecule is c1cc2c3c(c1)Cc1ccc4[n+]5c1C3c1c(ccc3c1C51c5c(cccc5Cc5c6ccccc6cc-4[n+]51)C3)C2. The van der Waals surface area contributed by atoms with Crippen LogP contribution in [-0.4, -0.2) is 0 Å². The Hall–Kier alpha value is -4.56. The van der Waals surface area contributed by atoms with Crippen LogP contribution in [0.4, 0.5) is 0 Å². The molecule has 0 radical (unpaired) electrons. The Morgan fingerprint density at radius 3 is 2.10 bits per heavy atom. The zero-order valence-electron chi connectivity index (χ0n) is 22.0. The molecule has 12 rings (SSSR count). The van der Waals surface area contributed by atoms with Gasteiger partial charge in [-0.25, -0.2) is 0 Å². The van der Waals surface area contributed by atoms with E-state index in [1.54, 1.807) is 27.9 Å². The third-order valence-electron chi connectivity index (χ3n) is 11.2. The molecule has 0 saturated carbocycles. The van der Waals surface area contributed by atoms with Crippen LogP contribution in [0, 0.1) is 0 Å². The van der Waals surface area contributed by atoms with E-state index in [0.29, 0.717) is 5.92 Å². The fraction of sp³-hybridized carbons (Fsp3) is 0.158. The maximum absolute atomic E-state index is 2.85. The number of rotatable bonds is 0. The molecule has 184 valence electrons. The molecule has 2 unspecified atom stereocenters. The van der Waals surface area contributed by atoms with E-state index in [1.807, 2.05) is 0 Å². The molecule has 0 fully saturated rings. The maximum Gasteiger partial charge on any atom is 0.417 e. The molecule has 3 aliphatic heterocycles. The lowest BCUT2D eigenvalue weighted by Gasteiger charge is -2.44. The predicted octanol–water partition coefficient (Wildman–Crippen LogP) is 5.80. The molecule has 0 bridgehead atoms. The molecule has 0 N–H and O–H groups in total. The van der Waals surface area contributed by atoms with Crippen LogP contribution in [0.5, 0.6) is 0 Å². The molecule has 2 atom stereocenters. The minimum atomic E-state index is -0.348. The minimum absolute atomic E-state index is 0.322. The Labute approximate surface area is 231 Å². The highest BCUT2D eigenvalue weighted by Crippen LogP contribution is 2.58. The van der Waals surface area contributed by atoms with Crippen molar-refractivity contribution in [3.8, 4) is 11.4 Å². The van der Waals surface area contributed by atoms with Gasteiger partial charge in [0.2, 0.25) is 11.4 Å². The largest absolute Gasteiger partial charge is 0.417 e. The zero-order valence-corrected chi connectivity index (χ0v) is 22.0. The summed E-state index contributed by atoms with van der Waals surface area (Å²) in [6.07, 6.45) is 4.08. The fourth-order valence-electron chi connectivity index (χ4n) is 10.1. The van der Waals surface area contributed by atoms with Crippen molar-refractivity contribution in [3.63, 3.8) is 0 Å². The Kier molecular flexibility index (Phi) is 2.90. The first-order chi connectivity index (χ1) is 19.8. The summed E-state index contributed by atoms with van der Waals surface area (Å²) in [5, 5.41) is 2.74. The molecule has 0 amide bonds. The number of nitrogens with zero attached hydrogens (tertiary/aromatic N) is 2. The monoisotopic (exact) mass is 508 g/mol. The van der Waals surface area contributed by atoms with Crippen molar-refractivity contribution in [2.24, 2.45) is 0 Å². The average Bonchev–Trinajstić information content (AvgIpc) is 3.29. The molecule has 2 nitrogen and oxygen atoms in total. The van der Waals surface area contributed by atoms with Gasteiger partial charge in [-0.15, -0.1) is 9.13 Å². The molecular weight excluding hydrogens is 484 g/mol. The standard InChI is InChI=1S/C38H24N2/c1-2-10-28-20(5-1)18-31-29-14-13-27-16-22-7-3-6-21-15-23-11-12-26-17-24-8-4-9-25-19-30(28)39(31)38(35(24)25)36(26)33(23)34(32(21)22)37(27)40(29)38/h1-14,18,34H,15-17,19H2/q+2. The highest BCUT2D eigenvalue weighted by Gasteiger charge is 2.73. The molecule has 2 aromatic heterocycles. The second kappa shape index (κ2) is 5.95. The summed E-state index contributed by atoms with van der Waals surface area (Å²) in [5.41, 5.74) is 22.4. The van der Waals surface area contributed by atoms with Crippen LogP contribution in [0.1, 0.15) is 78.5 Å². The molecule has 3 aliphatic carbocycles. The van der Waals surface area contributed by atoms with E-state index in [0.717, 1.165) is 25.7 Å². The van der Waals surface area contributed by atoms with Crippen LogP contribution in [0.25, 0.3) is 22.2 Å². The van der Waals surface area contributed by atoms with Gasteiger partial charge in [0.15, 0.2) is 0 Å². The Balaban J connectivity index is 1.39. The average molecular weight is 509 g/mol. The van der Waals surface area contributed by atoms with Gasteiger partial charge in [0.1, 0.15) is 11.1 Å². The third kappa shape index (κ3) is 1.78. The summed E-state index contributed by atoms with van der Waals surface area (Å²) in [7, 11) is 0. The number of fused-ring (bicyclic) bond motifs is 3. The van der Waals surface area contributed by atoms with Crippen LogP contribution in [0.2, 0.25) is 0 Å². The maximum atomic E-state index is 2.85. The van der Waals surface area contributed by atoms with Gasteiger partial charge in [0, 0.05) is 29.5 Å². The van der Waals surface area contributed by atoms with Gasteiger partial charge in [-0.1, -0.05) is 66.7 Å². The Morgan fingerprint density at radius 2 is 1.20 bits per heavy atom. The number of hydrogen-bond acceptors (Lipinski definition) is 0. The number of pyridine rings is 2. The lowest BCUT2D eigenvalue weighted by molar-refractivity contribution is -0.946. The van der Waals surface area contributed by atoms with E-state index in [2.05, 4.69) is 100 Å². The molecular formula is C38H24N2+2. The second-order valence-corrected chi connectivity index (χ2v) is 12.8. The quantitative estimate of drug-likeness (QED) is 0.229. The fourth-order valence-corrected chi connectivity index (χ4v) is 10.1. The van der Waals surface area contributed by atoms with Crippen molar-refractivity contribution in [1.82, 2.24) is 0 Å². The number of hydrogen-bond donors (Lipinski definition) is 0. The van der Waals surface area contributed by atoms with E-state index in [-0.39, 0.29) is 5.66 Å². The molecule has 40 heavy (non-hydrogen) atoms. The molecule has 6 aliphatic rings. The van der Waals surface area contributed by atoms with Crippen LogP contribution in [0.15, 0.2) is 91.0 Å². The number of benzene rings is 4. The summed E-state index contributed by atoms with van der Waals surface area (Å²) < 4.78 is 5.66. The van der Waals surface area contributed by atoms with Gasteiger partial charge in [-0.3, -0.25) is 0 Å². The van der Waals surface area contributed by atoms with Gasteiger partial charge in [-0.2, -0.15) is 0 Å². The topological polar surface area (TPSA) is 7.76 Å². The highest BCUT2D eigenvalue weighted by molar-refractivity contribution is 5.87. The summed E-state index contributed by atoms with van der Waals surface area (Å²) in [6.45, 7) is 0. The smallest absolute Gasteiger partial charge is 0.116 e. The summed E-state index contributed by atoms with van der Waals surface area (Å²) in [5.74, 6) is 0.322. The second-order valence-electron chi connectivity index (χ2n) is 12.8. The van der Waals surface area contributed by atoms with E-state index in [1.165, 1.54) is 66.8 Å². The number of aromatic nitrogens is 2. The van der Waals surface area contributed by atoms with Crippen molar-refractivity contribution in [1.29, 1.82) is 0 Å². The van der Waals surface area contributed by atoms with Crippen LogP contribution < -0.4 is 9.13 Å². The first kappa shape index (κ1) is 19.5. The summed E-state index contributed by atoms with van der Waals surface area (Å²) >= 11 is 0. The van der Waals surface area contributed by atoms with Gasteiger partial charge in [0.25, 0.3) is 11.4 Å². The van der Waals surface area contributed by atoms with Crippen LogP contribution in [0.3, 0.4) is 0 Å². The van der Waals surface area contributed by atoms with Crippen molar-refractivity contribution in [3.05, 3.63) is 164 Å². The van der Waals surface area contributed by atoms with Crippen molar-refractivity contribution >= 4 is 10.8 Å². The molecule has 0 saturated heterocycles. The summed E-state index contributed by atoms with van der Waals surface area (Å²) in [4.78, 5) is 0. The van der Waals surface area contributed by atoms with Gasteiger partial charge < -0.3 is 0 Å². The lowest BCUT2D eigenvalue weighted by Crippen LogP contribution is -2.78. The molecule has 2 heteroatoms. The van der Waals surface area contributed by atoms with Gasteiger partial charge in [0.05, 0.1) is 12.3 Å². The van der Waals surface area contributed by atoms with E-state index in [4.69, 9.17) is 0 Å². The summed E-state index contributed by atoms with van der Waals surface area (Å²) in [6, 6.07) is 35.7. The van der Waals surface area contributed by atoms with E-state index < -0.39 is 0 Å². The van der Waals surface area contributed by atoms with Crippen molar-refractivity contribution in [2.45, 2.75) is 37.3 Å². The Bertz CT molecular complexity index is 2280. The van der Waals surface area contributed by atoms with Crippen LogP contribution >= 0.6 is 0 Å². The van der Waals surface area contributed by atoms with E-state index >= 15 is 0 Å². The Morgan fingerprint density at radius 1 is 0.525 bits per heavy atom. The molecule has 1 spiro atoms. The van der Waals surface area contributed by atoms with Gasteiger partial charge >= 0.3 is 5.66 Å². The first-order valence-electron chi connectivity index (χ1n) is 14.8. The van der Waals surface area contributed by atoms with Crippen molar-refractivity contribution < 1.29 is 9.13 Å². The molecule has 6 aromatic rings. The van der Waals surface area contributed by atoms with E-state index in [9.17, 15) is 0 Å². The molecule has 5 heterocycles. The van der Waals surface area contributed by atoms with Gasteiger partial charge in [-0.05, 0) is 74.9 Å². The minimum Gasteiger partial charge on any atom is -0.116 e. The highest BCUT2D eigenvalue weighted by atomic mass is 15.4. The molecule has 4 aromatic carbocycles. The third-order valence-corrected chi connectivity index (χ3v) is 11.2.